The summed E-state index contributed by atoms with van der Waals surface area (Å²) in [6.45, 7) is 8.90. The minimum Gasteiger partial charge on any atom is -0.478 e. The topological polar surface area (TPSA) is 34.1 Å². The van der Waals surface area contributed by atoms with Crippen molar-refractivity contribution in [2.75, 3.05) is 13.2 Å². The van der Waals surface area contributed by atoms with Crippen LogP contribution in [0.3, 0.4) is 0 Å². The summed E-state index contributed by atoms with van der Waals surface area (Å²) < 4.78 is 5.56. The Morgan fingerprint density at radius 2 is 2.12 bits per heavy atom. The molecule has 0 aliphatic rings. The third-order valence-corrected chi connectivity index (χ3v) is 2.48. The number of ether oxygens (including phenoxy) is 1. The first-order valence-electron chi connectivity index (χ1n) is 6.08. The van der Waals surface area contributed by atoms with Gasteiger partial charge >= 0.3 is 0 Å². The van der Waals surface area contributed by atoms with Crippen molar-refractivity contribution in [2.45, 2.75) is 40.2 Å². The van der Waals surface area contributed by atoms with Crippen LogP contribution >= 0.6 is 0 Å². The Morgan fingerprint density at radius 1 is 1.31 bits per heavy atom. The van der Waals surface area contributed by atoms with Gasteiger partial charge in [0, 0.05) is 18.3 Å². The molecule has 0 unspecified atom stereocenters. The van der Waals surface area contributed by atoms with E-state index >= 15 is 0 Å². The first-order chi connectivity index (χ1) is 7.77. The number of rotatable bonds is 7. The molecule has 3 heteroatoms. The van der Waals surface area contributed by atoms with Crippen molar-refractivity contribution in [3.8, 4) is 5.88 Å². The molecule has 0 radical (unpaired) electrons. The zero-order chi connectivity index (χ0) is 11.8. The average Bonchev–Trinajstić information content (AvgIpc) is 2.28. The van der Waals surface area contributed by atoms with Gasteiger partial charge in [0.05, 0.1) is 6.61 Å². The Hall–Kier alpha value is -1.09. The highest BCUT2D eigenvalue weighted by Crippen LogP contribution is 2.12. The first-order valence-corrected chi connectivity index (χ1v) is 6.08. The van der Waals surface area contributed by atoms with Crippen molar-refractivity contribution in [3.63, 3.8) is 0 Å². The molecular weight excluding hydrogens is 200 g/mol. The van der Waals surface area contributed by atoms with Crippen LogP contribution in [0.1, 0.15) is 37.9 Å². The molecule has 0 saturated carbocycles. The normalized spacial score (nSPS) is 10.4. The number of unbranched alkanes of at least 4 members (excludes halogenated alkanes) is 1. The van der Waals surface area contributed by atoms with Crippen molar-refractivity contribution >= 4 is 0 Å². The SMILES string of the molecule is CCCCOc1ccc(CNCC)c(C)n1. The molecule has 90 valence electrons. The fraction of sp³-hybridized carbons (Fsp3) is 0.615. The van der Waals surface area contributed by atoms with E-state index in [1.807, 2.05) is 13.0 Å². The van der Waals surface area contributed by atoms with E-state index in [-0.39, 0.29) is 0 Å². The minimum atomic E-state index is 0.742. The summed E-state index contributed by atoms with van der Waals surface area (Å²) in [5.74, 6) is 0.742. The van der Waals surface area contributed by atoms with E-state index in [1.54, 1.807) is 0 Å². The van der Waals surface area contributed by atoms with Gasteiger partial charge in [0.15, 0.2) is 0 Å². The van der Waals surface area contributed by atoms with Crippen LogP contribution in [0.25, 0.3) is 0 Å². The smallest absolute Gasteiger partial charge is 0.213 e. The summed E-state index contributed by atoms with van der Waals surface area (Å²) in [5, 5.41) is 3.30. The fourth-order valence-corrected chi connectivity index (χ4v) is 1.41. The Bertz CT molecular complexity index is 313. The van der Waals surface area contributed by atoms with Crippen molar-refractivity contribution in [1.82, 2.24) is 10.3 Å². The predicted octanol–water partition coefficient (Wildman–Crippen LogP) is 2.68. The molecule has 1 N–H and O–H groups in total. The number of hydrogen-bond acceptors (Lipinski definition) is 3. The molecule has 16 heavy (non-hydrogen) atoms. The third kappa shape index (κ3) is 4.19. The Morgan fingerprint density at radius 3 is 2.75 bits per heavy atom. The standard InChI is InChI=1S/C13H22N2O/c1-4-6-9-16-13-8-7-12(10-14-5-2)11(3)15-13/h7-8,14H,4-6,9-10H2,1-3H3. The van der Waals surface area contributed by atoms with E-state index in [0.717, 1.165) is 44.1 Å². The lowest BCUT2D eigenvalue weighted by Gasteiger charge is -2.09. The van der Waals surface area contributed by atoms with Gasteiger partial charge in [-0.05, 0) is 25.5 Å². The molecule has 1 aromatic heterocycles. The number of nitrogens with one attached hydrogen (secondary N) is 1. The molecule has 3 nitrogen and oxygen atoms in total. The summed E-state index contributed by atoms with van der Waals surface area (Å²) in [5.41, 5.74) is 2.29. The Kier molecular flexibility index (Phi) is 5.86. The molecule has 0 saturated heterocycles. The van der Waals surface area contributed by atoms with E-state index in [0.29, 0.717) is 0 Å². The molecule has 1 aromatic rings. The van der Waals surface area contributed by atoms with Crippen molar-refractivity contribution in [2.24, 2.45) is 0 Å². The second-order valence-electron chi connectivity index (χ2n) is 3.88. The van der Waals surface area contributed by atoms with Crippen LogP contribution in [0.2, 0.25) is 0 Å². The van der Waals surface area contributed by atoms with Crippen molar-refractivity contribution in [1.29, 1.82) is 0 Å². The van der Waals surface area contributed by atoms with Gasteiger partial charge in [-0.25, -0.2) is 4.98 Å². The molecule has 0 bridgehead atoms. The first kappa shape index (κ1) is 13.0. The average molecular weight is 222 g/mol. The van der Waals surface area contributed by atoms with Crippen LogP contribution in [-0.2, 0) is 6.54 Å². The lowest BCUT2D eigenvalue weighted by atomic mass is 10.2. The number of nitrogens with zero attached hydrogens (tertiary/aromatic N) is 1. The highest BCUT2D eigenvalue weighted by Gasteiger charge is 2.01. The Balaban J connectivity index is 2.53. The van der Waals surface area contributed by atoms with E-state index in [2.05, 4.69) is 30.2 Å². The highest BCUT2D eigenvalue weighted by molar-refractivity contribution is 5.24. The largest absolute Gasteiger partial charge is 0.478 e. The lowest BCUT2D eigenvalue weighted by Crippen LogP contribution is -2.13. The quantitative estimate of drug-likeness (QED) is 0.720. The van der Waals surface area contributed by atoms with Crippen LogP contribution < -0.4 is 10.1 Å². The van der Waals surface area contributed by atoms with E-state index in [4.69, 9.17) is 4.74 Å². The number of aryl methyl sites for hydroxylation is 1. The van der Waals surface area contributed by atoms with Gasteiger partial charge < -0.3 is 10.1 Å². The molecule has 0 spiro atoms. The molecule has 1 rings (SSSR count). The van der Waals surface area contributed by atoms with Gasteiger partial charge in [0.2, 0.25) is 5.88 Å². The highest BCUT2D eigenvalue weighted by atomic mass is 16.5. The van der Waals surface area contributed by atoms with Gasteiger partial charge in [-0.1, -0.05) is 26.3 Å². The maximum Gasteiger partial charge on any atom is 0.213 e. The maximum absolute atomic E-state index is 5.56. The summed E-state index contributed by atoms with van der Waals surface area (Å²) in [7, 11) is 0. The molecule has 0 atom stereocenters. The molecule has 0 amide bonds. The van der Waals surface area contributed by atoms with Crippen LogP contribution in [0.4, 0.5) is 0 Å². The van der Waals surface area contributed by atoms with Gasteiger partial charge in [-0.15, -0.1) is 0 Å². The number of aromatic nitrogens is 1. The molecule has 0 aliphatic heterocycles. The predicted molar refractivity (Wildman–Crippen MR) is 66.8 cm³/mol. The fourth-order valence-electron chi connectivity index (χ4n) is 1.41. The molecule has 0 aromatic carbocycles. The summed E-state index contributed by atoms with van der Waals surface area (Å²) >= 11 is 0. The minimum absolute atomic E-state index is 0.742. The zero-order valence-corrected chi connectivity index (χ0v) is 10.5. The molecular formula is C13H22N2O. The van der Waals surface area contributed by atoms with Crippen LogP contribution in [0, 0.1) is 6.92 Å². The van der Waals surface area contributed by atoms with Crippen molar-refractivity contribution in [3.05, 3.63) is 23.4 Å². The van der Waals surface area contributed by atoms with Gasteiger partial charge in [-0.2, -0.15) is 0 Å². The summed E-state index contributed by atoms with van der Waals surface area (Å²) in [4.78, 5) is 4.44. The van der Waals surface area contributed by atoms with Gasteiger partial charge in [0.1, 0.15) is 0 Å². The van der Waals surface area contributed by atoms with Crippen molar-refractivity contribution < 1.29 is 4.74 Å². The second kappa shape index (κ2) is 7.23. The summed E-state index contributed by atoms with van der Waals surface area (Å²) in [6.07, 6.45) is 2.23. The third-order valence-electron chi connectivity index (χ3n) is 2.48. The molecule has 0 fully saturated rings. The van der Waals surface area contributed by atoms with Crippen LogP contribution in [0.5, 0.6) is 5.88 Å². The van der Waals surface area contributed by atoms with E-state index < -0.39 is 0 Å². The molecule has 1 heterocycles. The zero-order valence-electron chi connectivity index (χ0n) is 10.5. The monoisotopic (exact) mass is 222 g/mol. The number of hydrogen-bond donors (Lipinski definition) is 1. The number of pyridine rings is 1. The van der Waals surface area contributed by atoms with Crippen LogP contribution in [-0.4, -0.2) is 18.1 Å². The maximum atomic E-state index is 5.56. The Labute approximate surface area is 98.2 Å². The van der Waals surface area contributed by atoms with Gasteiger partial charge in [-0.3, -0.25) is 0 Å². The lowest BCUT2D eigenvalue weighted by molar-refractivity contribution is 0.297. The summed E-state index contributed by atoms with van der Waals surface area (Å²) in [6, 6.07) is 4.04. The van der Waals surface area contributed by atoms with Crippen LogP contribution in [0.15, 0.2) is 12.1 Å². The van der Waals surface area contributed by atoms with E-state index in [1.165, 1.54) is 5.56 Å². The van der Waals surface area contributed by atoms with E-state index in [9.17, 15) is 0 Å². The second-order valence-corrected chi connectivity index (χ2v) is 3.88. The molecule has 0 aliphatic carbocycles. The van der Waals surface area contributed by atoms with Gasteiger partial charge in [0.25, 0.3) is 0 Å².